The van der Waals surface area contributed by atoms with Crippen LogP contribution in [0.15, 0.2) is 76.7 Å². The second kappa shape index (κ2) is 9.25. The molecule has 0 unspecified atom stereocenters. The number of anilines is 1. The van der Waals surface area contributed by atoms with Crippen molar-refractivity contribution >= 4 is 39.9 Å². The molecule has 3 aromatic carbocycles. The van der Waals surface area contributed by atoms with Gasteiger partial charge >= 0.3 is 0 Å². The van der Waals surface area contributed by atoms with Gasteiger partial charge in [0, 0.05) is 17.8 Å². The van der Waals surface area contributed by atoms with Crippen LogP contribution < -0.4 is 10.9 Å². The van der Waals surface area contributed by atoms with E-state index in [2.05, 4.69) is 10.3 Å². The molecule has 1 heterocycles. The highest BCUT2D eigenvalue weighted by Gasteiger charge is 2.16. The van der Waals surface area contributed by atoms with E-state index in [1.807, 2.05) is 32.0 Å². The van der Waals surface area contributed by atoms with Crippen molar-refractivity contribution in [1.29, 1.82) is 0 Å². The summed E-state index contributed by atoms with van der Waals surface area (Å²) in [6.45, 7) is 3.96. The van der Waals surface area contributed by atoms with Crippen LogP contribution in [-0.2, 0) is 4.79 Å². The van der Waals surface area contributed by atoms with Gasteiger partial charge in [-0.05, 0) is 55.3 Å². The summed E-state index contributed by atoms with van der Waals surface area (Å²) >= 11 is 1.12. The smallest absolute Gasteiger partial charge is 0.271 e. The first kappa shape index (κ1) is 22.2. The Kier molecular flexibility index (Phi) is 6.23. The van der Waals surface area contributed by atoms with Crippen molar-refractivity contribution in [2.75, 3.05) is 11.1 Å². The summed E-state index contributed by atoms with van der Waals surface area (Å²) in [6.07, 6.45) is 0. The molecule has 0 saturated carbocycles. The molecule has 4 aromatic rings. The van der Waals surface area contributed by atoms with Gasteiger partial charge in [-0.15, -0.1) is 0 Å². The largest absolute Gasteiger partial charge is 0.325 e. The fraction of sp³-hybridized carbons (Fsp3) is 0.125. The number of benzene rings is 3. The number of thioether (sulfide) groups is 1. The third-order valence-corrected chi connectivity index (χ3v) is 6.11. The van der Waals surface area contributed by atoms with E-state index in [-0.39, 0.29) is 22.9 Å². The quantitative estimate of drug-likeness (QED) is 0.194. The number of aromatic nitrogens is 2. The number of nitrogens with zero attached hydrogens (tertiary/aromatic N) is 3. The lowest BCUT2D eigenvalue weighted by atomic mass is 10.1. The van der Waals surface area contributed by atoms with Gasteiger partial charge in [0.25, 0.3) is 11.2 Å². The summed E-state index contributed by atoms with van der Waals surface area (Å²) in [5, 5.41) is 14.5. The Morgan fingerprint density at radius 2 is 1.85 bits per heavy atom. The highest BCUT2D eigenvalue weighted by atomic mass is 32.2. The van der Waals surface area contributed by atoms with Crippen LogP contribution in [0.5, 0.6) is 0 Å². The van der Waals surface area contributed by atoms with Crippen LogP contribution in [-0.4, -0.2) is 26.1 Å². The first-order valence-corrected chi connectivity index (χ1v) is 11.1. The highest BCUT2D eigenvalue weighted by molar-refractivity contribution is 7.99. The van der Waals surface area contributed by atoms with Gasteiger partial charge in [0.05, 0.1) is 27.3 Å². The fourth-order valence-corrected chi connectivity index (χ4v) is 4.14. The van der Waals surface area contributed by atoms with Crippen molar-refractivity contribution in [1.82, 2.24) is 9.55 Å². The standard InChI is InChI=1S/C24H20N4O4S/c1-15-10-11-18(12-16(15)2)27-23(30)20-8-3-4-9-21(20)26-24(27)33-14-22(29)25-17-6-5-7-19(13-17)28(31)32/h3-13H,14H2,1-2H3,(H,25,29). The van der Waals surface area contributed by atoms with Gasteiger partial charge in [-0.1, -0.05) is 36.0 Å². The molecule has 1 amide bonds. The lowest BCUT2D eigenvalue weighted by Crippen LogP contribution is -2.23. The lowest BCUT2D eigenvalue weighted by molar-refractivity contribution is -0.384. The molecule has 33 heavy (non-hydrogen) atoms. The number of fused-ring (bicyclic) bond motifs is 1. The van der Waals surface area contributed by atoms with Crippen molar-refractivity contribution in [2.45, 2.75) is 19.0 Å². The number of hydrogen-bond donors (Lipinski definition) is 1. The second-order valence-corrected chi connectivity index (χ2v) is 8.41. The molecule has 9 heteroatoms. The van der Waals surface area contributed by atoms with Gasteiger partial charge in [0.2, 0.25) is 5.91 Å². The van der Waals surface area contributed by atoms with Crippen LogP contribution >= 0.6 is 11.8 Å². The van der Waals surface area contributed by atoms with E-state index >= 15 is 0 Å². The number of para-hydroxylation sites is 1. The first-order valence-electron chi connectivity index (χ1n) is 10.1. The molecule has 0 fully saturated rings. The number of rotatable bonds is 6. The maximum Gasteiger partial charge on any atom is 0.271 e. The van der Waals surface area contributed by atoms with Gasteiger partial charge in [-0.3, -0.25) is 24.3 Å². The minimum Gasteiger partial charge on any atom is -0.325 e. The Balaban J connectivity index is 1.66. The van der Waals surface area contributed by atoms with Crippen molar-refractivity contribution in [3.8, 4) is 5.69 Å². The van der Waals surface area contributed by atoms with Crippen molar-refractivity contribution in [3.63, 3.8) is 0 Å². The Labute approximate surface area is 193 Å². The molecule has 0 aliphatic rings. The molecular formula is C24H20N4O4S. The Morgan fingerprint density at radius 3 is 2.61 bits per heavy atom. The minimum atomic E-state index is -0.522. The minimum absolute atomic E-state index is 0.0294. The molecule has 0 bridgehead atoms. The third-order valence-electron chi connectivity index (χ3n) is 5.17. The lowest BCUT2D eigenvalue weighted by Gasteiger charge is -2.14. The molecule has 8 nitrogen and oxygen atoms in total. The number of hydrogen-bond acceptors (Lipinski definition) is 6. The summed E-state index contributed by atoms with van der Waals surface area (Å²) in [6, 6.07) is 18.5. The maximum atomic E-state index is 13.3. The highest BCUT2D eigenvalue weighted by Crippen LogP contribution is 2.23. The van der Waals surface area contributed by atoms with Crippen LogP contribution in [0.25, 0.3) is 16.6 Å². The van der Waals surface area contributed by atoms with E-state index in [1.165, 1.54) is 22.8 Å². The molecule has 0 aliphatic carbocycles. The van der Waals surface area contributed by atoms with Gasteiger partial charge < -0.3 is 5.32 Å². The summed E-state index contributed by atoms with van der Waals surface area (Å²) < 4.78 is 1.51. The van der Waals surface area contributed by atoms with Crippen LogP contribution in [0.4, 0.5) is 11.4 Å². The molecule has 0 radical (unpaired) electrons. The summed E-state index contributed by atoms with van der Waals surface area (Å²) in [5.74, 6) is -0.396. The zero-order chi connectivity index (χ0) is 23.5. The van der Waals surface area contributed by atoms with E-state index in [9.17, 15) is 19.7 Å². The Bertz CT molecular complexity index is 1450. The molecule has 0 atom stereocenters. The molecular weight excluding hydrogens is 440 g/mol. The fourth-order valence-electron chi connectivity index (χ4n) is 3.33. The predicted molar refractivity (Wildman–Crippen MR) is 129 cm³/mol. The average molecular weight is 461 g/mol. The predicted octanol–water partition coefficient (Wildman–Crippen LogP) is 4.64. The molecule has 0 aliphatic heterocycles. The van der Waals surface area contributed by atoms with Crippen LogP contribution in [0.3, 0.4) is 0 Å². The first-order chi connectivity index (χ1) is 15.8. The van der Waals surface area contributed by atoms with Gasteiger partial charge in [-0.2, -0.15) is 0 Å². The normalized spacial score (nSPS) is 10.8. The van der Waals surface area contributed by atoms with E-state index in [0.717, 1.165) is 22.9 Å². The number of carbonyl (C=O) groups is 1. The van der Waals surface area contributed by atoms with Crippen molar-refractivity contribution < 1.29 is 9.72 Å². The summed E-state index contributed by atoms with van der Waals surface area (Å²) in [7, 11) is 0. The van der Waals surface area contributed by atoms with Crippen LogP contribution in [0.1, 0.15) is 11.1 Å². The van der Waals surface area contributed by atoms with E-state index in [1.54, 1.807) is 30.3 Å². The zero-order valence-corrected chi connectivity index (χ0v) is 18.8. The van der Waals surface area contributed by atoms with Gasteiger partial charge in [0.1, 0.15) is 0 Å². The van der Waals surface area contributed by atoms with Gasteiger partial charge in [-0.25, -0.2) is 4.98 Å². The SMILES string of the molecule is Cc1ccc(-n2c(SCC(=O)Nc3cccc([N+](=O)[O-])c3)nc3ccccc3c2=O)cc1C. The molecule has 0 saturated heterocycles. The average Bonchev–Trinajstić information content (AvgIpc) is 2.80. The number of aryl methyl sites for hydroxylation is 2. The number of nitrogens with one attached hydrogen (secondary N) is 1. The number of carbonyl (C=O) groups excluding carboxylic acids is 1. The zero-order valence-electron chi connectivity index (χ0n) is 17.9. The number of nitro benzene ring substituents is 1. The van der Waals surface area contributed by atoms with E-state index < -0.39 is 4.92 Å². The molecule has 4 rings (SSSR count). The Morgan fingerprint density at radius 1 is 1.06 bits per heavy atom. The number of nitro groups is 1. The van der Waals surface area contributed by atoms with E-state index in [4.69, 9.17) is 0 Å². The second-order valence-electron chi connectivity index (χ2n) is 7.46. The molecule has 1 aromatic heterocycles. The number of amides is 1. The van der Waals surface area contributed by atoms with Crippen molar-refractivity contribution in [2.24, 2.45) is 0 Å². The monoisotopic (exact) mass is 460 g/mol. The molecule has 1 N–H and O–H groups in total. The molecule has 166 valence electrons. The Hall–Kier alpha value is -3.98. The van der Waals surface area contributed by atoms with Crippen LogP contribution in [0.2, 0.25) is 0 Å². The third kappa shape index (κ3) is 4.78. The summed E-state index contributed by atoms with van der Waals surface area (Å²) in [5.41, 5.74) is 3.35. The molecule has 0 spiro atoms. The maximum absolute atomic E-state index is 13.3. The van der Waals surface area contributed by atoms with Crippen LogP contribution in [0, 0.1) is 24.0 Å². The van der Waals surface area contributed by atoms with Crippen molar-refractivity contribution in [3.05, 3.63) is 98.3 Å². The topological polar surface area (TPSA) is 107 Å². The number of non-ortho nitro benzene ring substituents is 1. The van der Waals surface area contributed by atoms with Gasteiger partial charge in [0.15, 0.2) is 5.16 Å². The summed E-state index contributed by atoms with van der Waals surface area (Å²) in [4.78, 5) is 40.9. The van der Waals surface area contributed by atoms with E-state index in [0.29, 0.717) is 27.4 Å².